The van der Waals surface area contributed by atoms with Gasteiger partial charge in [-0.05, 0) is 31.4 Å². The molecule has 41 heavy (non-hydrogen) atoms. The normalized spacial score (nSPS) is 15.4. The summed E-state index contributed by atoms with van der Waals surface area (Å²) < 4.78 is 7.89. The number of amides is 1. The smallest absolute Gasteiger partial charge is 0.271 e. The van der Waals surface area contributed by atoms with Crippen molar-refractivity contribution in [2.24, 2.45) is 7.05 Å². The molecular formula is C29H32N10O2. The predicted octanol–water partition coefficient (Wildman–Crippen LogP) is 3.52. The van der Waals surface area contributed by atoms with Crippen LogP contribution in [0.5, 0.6) is 5.88 Å². The van der Waals surface area contributed by atoms with Crippen LogP contribution in [0, 0.1) is 13.8 Å². The van der Waals surface area contributed by atoms with E-state index in [2.05, 4.69) is 58.8 Å². The molecule has 0 aliphatic carbocycles. The molecule has 1 aliphatic rings. The molecule has 0 radical (unpaired) electrons. The molecule has 1 aromatic carbocycles. The Kier molecular flexibility index (Phi) is 7.06. The molecule has 3 N–H and O–H groups in total. The molecule has 1 fully saturated rings. The van der Waals surface area contributed by atoms with Gasteiger partial charge in [-0.2, -0.15) is 5.10 Å². The summed E-state index contributed by atoms with van der Waals surface area (Å²) in [5.41, 5.74) is 6.45. The van der Waals surface area contributed by atoms with Gasteiger partial charge in [0.1, 0.15) is 11.8 Å². The maximum atomic E-state index is 11.9. The van der Waals surface area contributed by atoms with Crippen LogP contribution in [0.2, 0.25) is 0 Å². The van der Waals surface area contributed by atoms with E-state index in [1.807, 2.05) is 44.0 Å². The Bertz CT molecular complexity index is 1710. The van der Waals surface area contributed by atoms with E-state index in [9.17, 15) is 4.79 Å². The van der Waals surface area contributed by atoms with Gasteiger partial charge in [0.05, 0.1) is 23.6 Å². The van der Waals surface area contributed by atoms with Crippen LogP contribution in [0.25, 0.3) is 22.2 Å². The number of H-pyrrole nitrogens is 1. The molecule has 6 rings (SSSR count). The molecule has 1 saturated heterocycles. The molecule has 12 heteroatoms. The minimum atomic E-state index is -0.289. The Morgan fingerprint density at radius 1 is 1.20 bits per heavy atom. The zero-order chi connectivity index (χ0) is 28.5. The van der Waals surface area contributed by atoms with Gasteiger partial charge in [-0.15, -0.1) is 0 Å². The highest BCUT2D eigenvalue weighted by atomic mass is 16.5. The Morgan fingerprint density at radius 2 is 2.07 bits per heavy atom. The largest absolute Gasteiger partial charge is 0.472 e. The average molecular weight is 553 g/mol. The lowest BCUT2D eigenvalue weighted by Gasteiger charge is -2.17. The third kappa shape index (κ3) is 5.46. The lowest BCUT2D eigenvalue weighted by molar-refractivity contribution is 0.0955. The van der Waals surface area contributed by atoms with Crippen LogP contribution in [-0.4, -0.2) is 71.7 Å². The van der Waals surface area contributed by atoms with Crippen LogP contribution in [0.4, 0.5) is 11.8 Å². The van der Waals surface area contributed by atoms with Gasteiger partial charge < -0.3 is 20.4 Å². The monoisotopic (exact) mass is 552 g/mol. The van der Waals surface area contributed by atoms with Crippen molar-refractivity contribution in [2.75, 3.05) is 25.5 Å². The van der Waals surface area contributed by atoms with Crippen molar-refractivity contribution >= 4 is 28.6 Å². The summed E-state index contributed by atoms with van der Waals surface area (Å²) in [6.07, 6.45) is 7.67. The van der Waals surface area contributed by atoms with E-state index >= 15 is 0 Å². The molecule has 4 aromatic heterocycles. The molecule has 1 unspecified atom stereocenters. The second-order valence-electron chi connectivity index (χ2n) is 10.3. The molecule has 0 spiro atoms. The van der Waals surface area contributed by atoms with Gasteiger partial charge in [-0.3, -0.25) is 19.4 Å². The number of hydrogen-bond acceptors (Lipinski definition) is 9. The van der Waals surface area contributed by atoms with Gasteiger partial charge in [0, 0.05) is 68.8 Å². The molecule has 0 saturated carbocycles. The number of carbonyl (C=O) groups is 1. The number of likely N-dealkylation sites (tertiary alicyclic amines) is 1. The Morgan fingerprint density at radius 3 is 2.88 bits per heavy atom. The Balaban J connectivity index is 1.18. The number of aryl methyl sites for hydroxylation is 3. The summed E-state index contributed by atoms with van der Waals surface area (Å²) in [4.78, 5) is 35.5. The third-order valence-corrected chi connectivity index (χ3v) is 7.36. The second kappa shape index (κ2) is 11.0. The number of para-hydroxylation sites is 1. The topological polar surface area (TPSA) is 139 Å². The highest BCUT2D eigenvalue weighted by Gasteiger charge is 2.26. The van der Waals surface area contributed by atoms with E-state index < -0.39 is 0 Å². The summed E-state index contributed by atoms with van der Waals surface area (Å²) >= 11 is 0. The van der Waals surface area contributed by atoms with Crippen molar-refractivity contribution < 1.29 is 9.53 Å². The van der Waals surface area contributed by atoms with Crippen molar-refractivity contribution in [1.29, 1.82) is 0 Å². The fraction of sp³-hybridized carbons (Fsp3) is 0.310. The third-order valence-electron chi connectivity index (χ3n) is 7.36. The first-order chi connectivity index (χ1) is 19.9. The van der Waals surface area contributed by atoms with Crippen LogP contribution >= 0.6 is 0 Å². The second-order valence-corrected chi connectivity index (χ2v) is 10.3. The summed E-state index contributed by atoms with van der Waals surface area (Å²) in [6, 6.07) is 8.32. The quantitative estimate of drug-likeness (QED) is 0.264. The van der Waals surface area contributed by atoms with Crippen LogP contribution in [-0.2, 0) is 13.6 Å². The number of nitrogens with zero attached hydrogens (tertiary/aromatic N) is 7. The number of benzene rings is 1. The Labute approximate surface area is 237 Å². The first-order valence-corrected chi connectivity index (χ1v) is 13.5. The number of fused-ring (bicyclic) bond motifs is 1. The average Bonchev–Trinajstić information content (AvgIpc) is 3.68. The molecule has 5 heterocycles. The van der Waals surface area contributed by atoms with Gasteiger partial charge in [-0.25, -0.2) is 15.0 Å². The number of aromatic amines is 1. The van der Waals surface area contributed by atoms with Crippen molar-refractivity contribution in [3.8, 4) is 17.1 Å². The van der Waals surface area contributed by atoms with Gasteiger partial charge in [0.2, 0.25) is 11.8 Å². The van der Waals surface area contributed by atoms with E-state index in [0.29, 0.717) is 17.6 Å². The molecule has 1 amide bonds. The maximum absolute atomic E-state index is 11.9. The fourth-order valence-electron chi connectivity index (χ4n) is 5.15. The van der Waals surface area contributed by atoms with E-state index in [4.69, 9.17) is 9.72 Å². The van der Waals surface area contributed by atoms with E-state index in [-0.39, 0.29) is 17.7 Å². The first kappa shape index (κ1) is 26.4. The molecule has 210 valence electrons. The van der Waals surface area contributed by atoms with Crippen LogP contribution in [0.3, 0.4) is 0 Å². The maximum Gasteiger partial charge on any atom is 0.271 e. The highest BCUT2D eigenvalue weighted by Crippen LogP contribution is 2.32. The molecule has 12 nitrogen and oxygen atoms in total. The highest BCUT2D eigenvalue weighted by molar-refractivity contribution is 5.97. The summed E-state index contributed by atoms with van der Waals surface area (Å²) in [7, 11) is 3.47. The van der Waals surface area contributed by atoms with Crippen molar-refractivity contribution in [2.45, 2.75) is 32.9 Å². The zero-order valence-electron chi connectivity index (χ0n) is 23.5. The van der Waals surface area contributed by atoms with Gasteiger partial charge in [0.15, 0.2) is 5.82 Å². The fourth-order valence-corrected chi connectivity index (χ4v) is 5.15. The van der Waals surface area contributed by atoms with Crippen LogP contribution < -0.4 is 15.4 Å². The lowest BCUT2D eigenvalue weighted by Crippen LogP contribution is -2.25. The van der Waals surface area contributed by atoms with Gasteiger partial charge >= 0.3 is 0 Å². The number of aromatic nitrogens is 7. The minimum Gasteiger partial charge on any atom is -0.472 e. The number of ether oxygens (including phenoxy) is 1. The first-order valence-electron chi connectivity index (χ1n) is 13.5. The van der Waals surface area contributed by atoms with Gasteiger partial charge in [0.25, 0.3) is 5.91 Å². The number of rotatable bonds is 8. The molecule has 1 atom stereocenters. The summed E-state index contributed by atoms with van der Waals surface area (Å²) in [5.74, 6) is 1.28. The zero-order valence-corrected chi connectivity index (χ0v) is 23.5. The molecule has 5 aromatic rings. The number of carbonyl (C=O) groups excluding carboxylic acids is 1. The lowest BCUT2D eigenvalue weighted by atomic mass is 10.0. The van der Waals surface area contributed by atoms with E-state index in [1.54, 1.807) is 13.2 Å². The van der Waals surface area contributed by atoms with Crippen LogP contribution in [0.15, 0.2) is 49.1 Å². The van der Waals surface area contributed by atoms with E-state index in [0.717, 1.165) is 59.5 Å². The summed E-state index contributed by atoms with van der Waals surface area (Å²) in [5, 5.41) is 11.3. The molecular weight excluding hydrogens is 520 g/mol. The predicted molar refractivity (Wildman–Crippen MR) is 155 cm³/mol. The van der Waals surface area contributed by atoms with Crippen molar-refractivity contribution in [3.05, 3.63) is 71.6 Å². The number of anilines is 2. The number of nitrogens with one attached hydrogen (secondary N) is 3. The summed E-state index contributed by atoms with van der Waals surface area (Å²) in [6.45, 7) is 6.44. The van der Waals surface area contributed by atoms with Crippen molar-refractivity contribution in [3.63, 3.8) is 0 Å². The SMILES string of the molecule is CNC(=O)c1cncc(OC2CCN(Cc3cccc4c(-c5nc(Nc6cc(C)n(C)n6)ncc5C)c[nH]c34)C2)n1. The van der Waals surface area contributed by atoms with Gasteiger partial charge in [-0.1, -0.05) is 18.2 Å². The van der Waals surface area contributed by atoms with Crippen LogP contribution in [0.1, 0.15) is 33.7 Å². The minimum absolute atomic E-state index is 0.0277. The number of hydrogen-bond donors (Lipinski definition) is 3. The Hall–Kier alpha value is -4.84. The molecule has 0 bridgehead atoms. The van der Waals surface area contributed by atoms with Crippen molar-refractivity contribution in [1.82, 2.24) is 44.9 Å². The molecule has 1 aliphatic heterocycles. The van der Waals surface area contributed by atoms with E-state index in [1.165, 1.54) is 11.8 Å². The standard InChI is InChI=1S/C29H32N10O2/c1-17-11-33-29(35-24-10-18(2)38(4)37-24)36-26(17)22-12-32-27-19(6-5-7-21(22)27)15-39-9-8-20(16-39)41-25-14-31-13-23(34-25)28(40)30-3/h5-7,10-14,20,32H,8-9,15-16H2,1-4H3,(H,30,40)(H,33,35,36,37).